The van der Waals surface area contributed by atoms with Crippen molar-refractivity contribution in [1.82, 2.24) is 15.1 Å². The average Bonchev–Trinajstić information content (AvgIpc) is 2.65. The zero-order chi connectivity index (χ0) is 18.7. The van der Waals surface area contributed by atoms with Crippen molar-refractivity contribution in [1.29, 1.82) is 0 Å². The molecule has 3 rings (SSSR count). The van der Waals surface area contributed by atoms with E-state index < -0.39 is 0 Å². The SMILES string of the molecule is CSc1ccc(-c2nn(CC(C)C)c(=O)c(N3CCNCC3)c2C)cc1.Cl.Cl. The van der Waals surface area contributed by atoms with Gasteiger partial charge in [-0.05, 0) is 31.2 Å². The molecule has 1 saturated heterocycles. The van der Waals surface area contributed by atoms with Crippen molar-refractivity contribution in [3.05, 3.63) is 40.2 Å². The molecule has 0 unspecified atom stereocenters. The second-order valence-electron chi connectivity index (χ2n) is 7.17. The van der Waals surface area contributed by atoms with Crippen LogP contribution in [0.2, 0.25) is 0 Å². The molecule has 5 nitrogen and oxygen atoms in total. The van der Waals surface area contributed by atoms with Crippen LogP contribution in [0, 0.1) is 12.8 Å². The molecule has 0 saturated carbocycles. The van der Waals surface area contributed by atoms with Crippen LogP contribution in [0.3, 0.4) is 0 Å². The molecular weight excluding hydrogens is 415 g/mol. The van der Waals surface area contributed by atoms with E-state index in [0.717, 1.165) is 48.7 Å². The fourth-order valence-electron chi connectivity index (χ4n) is 3.39. The Labute approximate surface area is 184 Å². The normalized spacial score (nSPS) is 13.8. The van der Waals surface area contributed by atoms with E-state index in [4.69, 9.17) is 5.10 Å². The van der Waals surface area contributed by atoms with Crippen molar-refractivity contribution in [3.63, 3.8) is 0 Å². The topological polar surface area (TPSA) is 50.2 Å². The van der Waals surface area contributed by atoms with Crippen molar-refractivity contribution in [2.75, 3.05) is 37.3 Å². The minimum Gasteiger partial charge on any atom is -0.364 e. The summed E-state index contributed by atoms with van der Waals surface area (Å²) in [6, 6.07) is 8.44. The van der Waals surface area contributed by atoms with Gasteiger partial charge in [-0.3, -0.25) is 4.79 Å². The third kappa shape index (κ3) is 5.44. The van der Waals surface area contributed by atoms with E-state index in [2.05, 4.69) is 54.6 Å². The summed E-state index contributed by atoms with van der Waals surface area (Å²) in [5.74, 6) is 0.366. The smallest absolute Gasteiger partial charge is 0.290 e. The molecule has 0 radical (unpaired) electrons. The van der Waals surface area contributed by atoms with Gasteiger partial charge in [-0.1, -0.05) is 26.0 Å². The number of nitrogens with zero attached hydrogens (tertiary/aromatic N) is 3. The second-order valence-corrected chi connectivity index (χ2v) is 8.05. The highest BCUT2D eigenvalue weighted by molar-refractivity contribution is 7.98. The predicted molar refractivity (Wildman–Crippen MR) is 125 cm³/mol. The maximum Gasteiger partial charge on any atom is 0.290 e. The van der Waals surface area contributed by atoms with Gasteiger partial charge in [-0.2, -0.15) is 5.10 Å². The monoisotopic (exact) mass is 444 g/mol. The standard InChI is InChI=1S/C20H28N4OS.2ClH/c1-14(2)13-24-20(25)19(23-11-9-21-10-12-23)15(3)18(22-24)16-5-7-17(26-4)8-6-16;;/h5-8,14,21H,9-13H2,1-4H3;2*1H. The van der Waals surface area contributed by atoms with Crippen LogP contribution >= 0.6 is 36.6 Å². The first kappa shape index (κ1) is 24.8. The zero-order valence-corrected chi connectivity index (χ0v) is 19.3. The molecule has 0 atom stereocenters. The van der Waals surface area contributed by atoms with E-state index in [0.29, 0.717) is 12.5 Å². The summed E-state index contributed by atoms with van der Waals surface area (Å²) in [6.07, 6.45) is 2.07. The van der Waals surface area contributed by atoms with Crippen LogP contribution < -0.4 is 15.8 Å². The number of anilines is 1. The molecule has 0 spiro atoms. The second kappa shape index (κ2) is 11.1. The van der Waals surface area contributed by atoms with Crippen LogP contribution in [-0.2, 0) is 6.54 Å². The van der Waals surface area contributed by atoms with Gasteiger partial charge < -0.3 is 10.2 Å². The van der Waals surface area contributed by atoms with Crippen LogP contribution in [0.1, 0.15) is 19.4 Å². The molecule has 1 aromatic carbocycles. The van der Waals surface area contributed by atoms with Crippen LogP contribution in [0.15, 0.2) is 34.0 Å². The summed E-state index contributed by atoms with van der Waals surface area (Å²) in [5, 5.41) is 8.11. The summed E-state index contributed by atoms with van der Waals surface area (Å²) in [5.41, 5.74) is 3.79. The summed E-state index contributed by atoms with van der Waals surface area (Å²) < 4.78 is 1.66. The number of aromatic nitrogens is 2. The van der Waals surface area contributed by atoms with Gasteiger partial charge in [0.05, 0.1) is 5.69 Å². The number of hydrogen-bond acceptors (Lipinski definition) is 5. The van der Waals surface area contributed by atoms with Crippen molar-refractivity contribution < 1.29 is 0 Å². The molecule has 8 heteroatoms. The van der Waals surface area contributed by atoms with Crippen LogP contribution in [-0.4, -0.2) is 42.2 Å². The van der Waals surface area contributed by atoms with Crippen molar-refractivity contribution in [2.24, 2.45) is 5.92 Å². The zero-order valence-electron chi connectivity index (χ0n) is 16.9. The Balaban J connectivity index is 0.00000196. The molecule has 156 valence electrons. The lowest BCUT2D eigenvalue weighted by Gasteiger charge is -2.31. The van der Waals surface area contributed by atoms with Gasteiger partial charge in [-0.15, -0.1) is 36.6 Å². The molecule has 1 fully saturated rings. The first-order valence-electron chi connectivity index (χ1n) is 9.23. The number of benzene rings is 1. The van der Waals surface area contributed by atoms with E-state index in [9.17, 15) is 4.79 Å². The highest BCUT2D eigenvalue weighted by Gasteiger charge is 2.22. The van der Waals surface area contributed by atoms with E-state index in [1.165, 1.54) is 4.90 Å². The Morgan fingerprint density at radius 3 is 2.29 bits per heavy atom. The average molecular weight is 445 g/mol. The summed E-state index contributed by atoms with van der Waals surface area (Å²) in [7, 11) is 0. The van der Waals surface area contributed by atoms with Gasteiger partial charge in [0, 0.05) is 48.7 Å². The first-order chi connectivity index (χ1) is 12.5. The van der Waals surface area contributed by atoms with Crippen molar-refractivity contribution in [2.45, 2.75) is 32.2 Å². The van der Waals surface area contributed by atoms with E-state index >= 15 is 0 Å². The highest BCUT2D eigenvalue weighted by Crippen LogP contribution is 2.28. The number of halogens is 2. The quantitative estimate of drug-likeness (QED) is 0.709. The van der Waals surface area contributed by atoms with Crippen LogP contribution in [0.5, 0.6) is 0 Å². The Kier molecular flexibility index (Phi) is 9.84. The molecule has 2 heterocycles. The maximum atomic E-state index is 13.1. The maximum absolute atomic E-state index is 13.1. The molecule has 0 aliphatic carbocycles. The highest BCUT2D eigenvalue weighted by atomic mass is 35.5. The molecule has 1 N–H and O–H groups in total. The Morgan fingerprint density at radius 2 is 1.75 bits per heavy atom. The number of hydrogen-bond donors (Lipinski definition) is 1. The lowest BCUT2D eigenvalue weighted by molar-refractivity contribution is 0.462. The minimum absolute atomic E-state index is 0. The Morgan fingerprint density at radius 1 is 1.14 bits per heavy atom. The van der Waals surface area contributed by atoms with Gasteiger partial charge in [0.2, 0.25) is 0 Å². The predicted octanol–water partition coefficient (Wildman–Crippen LogP) is 3.85. The van der Waals surface area contributed by atoms with E-state index in [-0.39, 0.29) is 30.4 Å². The number of rotatable bonds is 5. The number of nitrogens with one attached hydrogen (secondary N) is 1. The third-order valence-electron chi connectivity index (χ3n) is 4.70. The van der Waals surface area contributed by atoms with Crippen LogP contribution in [0.4, 0.5) is 5.69 Å². The van der Waals surface area contributed by atoms with Crippen LogP contribution in [0.25, 0.3) is 11.3 Å². The molecule has 28 heavy (non-hydrogen) atoms. The Hall–Kier alpha value is -1.21. The summed E-state index contributed by atoms with van der Waals surface area (Å²) in [6.45, 7) is 10.4. The van der Waals surface area contributed by atoms with Gasteiger partial charge >= 0.3 is 0 Å². The fraction of sp³-hybridized carbons (Fsp3) is 0.500. The molecule has 1 aliphatic rings. The largest absolute Gasteiger partial charge is 0.364 e. The molecular formula is C20H30Cl2N4OS. The van der Waals surface area contributed by atoms with Crippen molar-refractivity contribution in [3.8, 4) is 11.3 Å². The molecule has 1 aliphatic heterocycles. The summed E-state index contributed by atoms with van der Waals surface area (Å²) in [4.78, 5) is 16.6. The van der Waals surface area contributed by atoms with E-state index in [1.54, 1.807) is 16.4 Å². The van der Waals surface area contributed by atoms with E-state index in [1.807, 2.05) is 6.92 Å². The summed E-state index contributed by atoms with van der Waals surface area (Å²) >= 11 is 1.73. The molecule has 1 aromatic heterocycles. The number of piperazine rings is 1. The van der Waals surface area contributed by atoms with Gasteiger partial charge in [0.1, 0.15) is 5.69 Å². The first-order valence-corrected chi connectivity index (χ1v) is 10.5. The van der Waals surface area contributed by atoms with Crippen molar-refractivity contribution >= 4 is 42.3 Å². The van der Waals surface area contributed by atoms with Gasteiger partial charge in [0.15, 0.2) is 0 Å². The van der Waals surface area contributed by atoms with Gasteiger partial charge in [-0.25, -0.2) is 4.68 Å². The van der Waals surface area contributed by atoms with Gasteiger partial charge in [0.25, 0.3) is 5.56 Å². The Bertz CT molecular complexity index is 818. The minimum atomic E-state index is 0. The lowest BCUT2D eigenvalue weighted by atomic mass is 10.1. The molecule has 2 aromatic rings. The number of thioether (sulfide) groups is 1. The lowest BCUT2D eigenvalue weighted by Crippen LogP contribution is -2.47. The molecule has 0 bridgehead atoms. The fourth-order valence-corrected chi connectivity index (χ4v) is 3.80. The third-order valence-corrected chi connectivity index (χ3v) is 5.45. The molecule has 0 amide bonds.